The van der Waals surface area contributed by atoms with Crippen LogP contribution in [0.3, 0.4) is 0 Å². The summed E-state index contributed by atoms with van der Waals surface area (Å²) in [4.78, 5) is 22.9. The molecule has 0 aromatic rings. The third-order valence-corrected chi connectivity index (χ3v) is 4.95. The van der Waals surface area contributed by atoms with E-state index < -0.39 is 11.4 Å². The molecule has 2 fully saturated rings. The molecule has 2 aliphatic rings. The maximum atomic E-state index is 11.8. The van der Waals surface area contributed by atoms with E-state index in [9.17, 15) is 14.7 Å². The molecule has 2 unspecified atom stereocenters. The molecule has 3 N–H and O–H groups in total. The van der Waals surface area contributed by atoms with Crippen LogP contribution >= 0.6 is 0 Å². The Morgan fingerprint density at radius 2 is 1.95 bits per heavy atom. The average molecular weight is 282 g/mol. The summed E-state index contributed by atoms with van der Waals surface area (Å²) in [6, 6.07) is -0.226. The first-order valence-electron chi connectivity index (χ1n) is 7.77. The lowest BCUT2D eigenvalue weighted by Crippen LogP contribution is -2.50. The second kappa shape index (κ2) is 6.46. The predicted molar refractivity (Wildman–Crippen MR) is 76.4 cm³/mol. The molecule has 2 aliphatic carbocycles. The Morgan fingerprint density at radius 3 is 2.50 bits per heavy atom. The standard InChI is InChI=1S/C15H26N2O3/c1-11-4-2-5-12(8-11)9-16-14(20)17-10-15(13(18)19)6-3-7-15/h11-12H,2-10H2,1H3,(H,18,19)(H2,16,17,20). The van der Waals surface area contributed by atoms with Crippen molar-refractivity contribution in [1.29, 1.82) is 0 Å². The fraction of sp³-hybridized carbons (Fsp3) is 0.867. The highest BCUT2D eigenvalue weighted by Crippen LogP contribution is 2.40. The lowest BCUT2D eigenvalue weighted by Gasteiger charge is -2.37. The van der Waals surface area contributed by atoms with Gasteiger partial charge in [-0.15, -0.1) is 0 Å². The Morgan fingerprint density at radius 1 is 1.20 bits per heavy atom. The van der Waals surface area contributed by atoms with Gasteiger partial charge >= 0.3 is 12.0 Å². The third kappa shape index (κ3) is 3.64. The fourth-order valence-corrected chi connectivity index (χ4v) is 3.36. The molecule has 2 saturated carbocycles. The highest BCUT2D eigenvalue weighted by molar-refractivity contribution is 5.78. The highest BCUT2D eigenvalue weighted by Gasteiger charge is 2.44. The minimum absolute atomic E-state index is 0.226. The Bertz CT molecular complexity index is 366. The number of rotatable bonds is 5. The van der Waals surface area contributed by atoms with Gasteiger partial charge in [0.05, 0.1) is 5.41 Å². The zero-order valence-corrected chi connectivity index (χ0v) is 12.3. The number of carboxylic acids is 1. The summed E-state index contributed by atoms with van der Waals surface area (Å²) in [7, 11) is 0. The van der Waals surface area contributed by atoms with Crippen LogP contribution in [0.4, 0.5) is 4.79 Å². The van der Waals surface area contributed by atoms with E-state index in [0.29, 0.717) is 25.3 Å². The quantitative estimate of drug-likeness (QED) is 0.724. The van der Waals surface area contributed by atoms with E-state index in [1.54, 1.807) is 0 Å². The summed E-state index contributed by atoms with van der Waals surface area (Å²) in [5.74, 6) is 0.538. The van der Waals surface area contributed by atoms with Crippen molar-refractivity contribution in [3.05, 3.63) is 0 Å². The Hall–Kier alpha value is -1.26. The van der Waals surface area contributed by atoms with Gasteiger partial charge in [0.25, 0.3) is 0 Å². The van der Waals surface area contributed by atoms with Crippen molar-refractivity contribution in [3.8, 4) is 0 Å². The van der Waals surface area contributed by atoms with Gasteiger partial charge in [-0.25, -0.2) is 4.79 Å². The Labute approximate surface area is 120 Å². The molecule has 5 heteroatoms. The topological polar surface area (TPSA) is 78.4 Å². The monoisotopic (exact) mass is 282 g/mol. The summed E-state index contributed by atoms with van der Waals surface area (Å²) in [6.45, 7) is 3.21. The average Bonchev–Trinajstić information content (AvgIpc) is 2.34. The second-order valence-electron chi connectivity index (χ2n) is 6.64. The fourth-order valence-electron chi connectivity index (χ4n) is 3.36. The molecule has 114 valence electrons. The zero-order chi connectivity index (χ0) is 14.6. The summed E-state index contributed by atoms with van der Waals surface area (Å²) in [6.07, 6.45) is 7.19. The molecule has 0 spiro atoms. The van der Waals surface area contributed by atoms with Crippen LogP contribution < -0.4 is 10.6 Å². The zero-order valence-electron chi connectivity index (χ0n) is 12.3. The van der Waals surface area contributed by atoms with Crippen LogP contribution in [-0.2, 0) is 4.79 Å². The summed E-state index contributed by atoms with van der Waals surface area (Å²) in [5.41, 5.74) is -0.712. The lowest BCUT2D eigenvalue weighted by molar-refractivity contribution is -0.153. The lowest BCUT2D eigenvalue weighted by atomic mass is 9.69. The molecule has 0 aromatic heterocycles. The van der Waals surface area contributed by atoms with Crippen LogP contribution in [0.2, 0.25) is 0 Å². The van der Waals surface area contributed by atoms with Crippen molar-refractivity contribution in [3.63, 3.8) is 0 Å². The van der Waals surface area contributed by atoms with Crippen molar-refractivity contribution < 1.29 is 14.7 Å². The molecule has 2 amide bonds. The SMILES string of the molecule is CC1CCCC(CNC(=O)NCC2(C(=O)O)CCC2)C1. The van der Waals surface area contributed by atoms with Crippen LogP contribution in [0.1, 0.15) is 51.9 Å². The normalized spacial score (nSPS) is 28.2. The van der Waals surface area contributed by atoms with Crippen molar-refractivity contribution >= 4 is 12.0 Å². The van der Waals surface area contributed by atoms with Crippen LogP contribution in [0, 0.1) is 17.3 Å². The van der Waals surface area contributed by atoms with Crippen molar-refractivity contribution in [1.82, 2.24) is 10.6 Å². The number of carbonyl (C=O) groups excluding carboxylic acids is 1. The van der Waals surface area contributed by atoms with Crippen LogP contribution in [0.5, 0.6) is 0 Å². The van der Waals surface area contributed by atoms with Crippen molar-refractivity contribution in [2.45, 2.75) is 51.9 Å². The molecule has 0 heterocycles. The highest BCUT2D eigenvalue weighted by atomic mass is 16.4. The second-order valence-corrected chi connectivity index (χ2v) is 6.64. The van der Waals surface area contributed by atoms with Crippen molar-refractivity contribution in [2.75, 3.05) is 13.1 Å². The summed E-state index contributed by atoms with van der Waals surface area (Å²) >= 11 is 0. The Balaban J connectivity index is 1.66. The summed E-state index contributed by atoms with van der Waals surface area (Å²) < 4.78 is 0. The van der Waals surface area contributed by atoms with Crippen LogP contribution in [0.25, 0.3) is 0 Å². The van der Waals surface area contributed by atoms with Gasteiger partial charge in [-0.05, 0) is 37.5 Å². The number of aliphatic carboxylic acids is 1. The van der Waals surface area contributed by atoms with Gasteiger partial charge in [-0.2, -0.15) is 0 Å². The Kier molecular flexibility index (Phi) is 4.89. The summed E-state index contributed by atoms with van der Waals surface area (Å²) in [5, 5.41) is 14.8. The van der Waals surface area contributed by atoms with E-state index in [2.05, 4.69) is 17.6 Å². The van der Waals surface area contributed by atoms with Crippen LogP contribution in [0.15, 0.2) is 0 Å². The van der Waals surface area contributed by atoms with E-state index in [-0.39, 0.29) is 12.6 Å². The minimum atomic E-state index is -0.787. The van der Waals surface area contributed by atoms with Gasteiger partial charge in [0.2, 0.25) is 0 Å². The molecule has 20 heavy (non-hydrogen) atoms. The number of carbonyl (C=O) groups is 2. The maximum absolute atomic E-state index is 11.8. The molecular weight excluding hydrogens is 256 g/mol. The van der Waals surface area contributed by atoms with Crippen molar-refractivity contribution in [2.24, 2.45) is 17.3 Å². The number of urea groups is 1. The van der Waals surface area contributed by atoms with E-state index in [1.165, 1.54) is 25.7 Å². The van der Waals surface area contributed by atoms with E-state index in [0.717, 1.165) is 12.3 Å². The minimum Gasteiger partial charge on any atom is -0.481 e. The molecule has 0 aliphatic heterocycles. The van der Waals surface area contributed by atoms with Gasteiger partial charge < -0.3 is 15.7 Å². The first kappa shape index (κ1) is 15.1. The van der Waals surface area contributed by atoms with E-state index in [1.807, 2.05) is 0 Å². The molecule has 0 saturated heterocycles. The smallest absolute Gasteiger partial charge is 0.314 e. The van der Waals surface area contributed by atoms with E-state index in [4.69, 9.17) is 0 Å². The number of nitrogens with one attached hydrogen (secondary N) is 2. The van der Waals surface area contributed by atoms with E-state index >= 15 is 0 Å². The van der Waals surface area contributed by atoms with Gasteiger partial charge in [0.15, 0.2) is 0 Å². The largest absolute Gasteiger partial charge is 0.481 e. The van der Waals surface area contributed by atoms with Gasteiger partial charge in [0.1, 0.15) is 0 Å². The molecule has 2 rings (SSSR count). The molecule has 5 nitrogen and oxygen atoms in total. The maximum Gasteiger partial charge on any atom is 0.314 e. The predicted octanol–water partition coefficient (Wildman–Crippen LogP) is 2.37. The first-order valence-corrected chi connectivity index (χ1v) is 7.77. The van der Waals surface area contributed by atoms with Gasteiger partial charge in [-0.1, -0.05) is 26.2 Å². The van der Waals surface area contributed by atoms with Gasteiger partial charge in [0, 0.05) is 13.1 Å². The molecule has 0 aromatic carbocycles. The number of hydrogen-bond donors (Lipinski definition) is 3. The molecule has 2 atom stereocenters. The molecular formula is C15H26N2O3. The number of hydrogen-bond acceptors (Lipinski definition) is 2. The first-order chi connectivity index (χ1) is 9.52. The number of carboxylic acid groups (broad SMARTS) is 1. The molecule has 0 bridgehead atoms. The van der Waals surface area contributed by atoms with Crippen LogP contribution in [-0.4, -0.2) is 30.2 Å². The third-order valence-electron chi connectivity index (χ3n) is 4.95. The van der Waals surface area contributed by atoms with Gasteiger partial charge in [-0.3, -0.25) is 4.79 Å². The number of amides is 2. The molecule has 0 radical (unpaired) electrons.